The van der Waals surface area contributed by atoms with Crippen LogP contribution in [0.2, 0.25) is 0 Å². The van der Waals surface area contributed by atoms with Crippen LogP contribution in [0.3, 0.4) is 0 Å². The van der Waals surface area contributed by atoms with Gasteiger partial charge in [-0.25, -0.2) is 0 Å². The molecular weight excluding hydrogens is 210 g/mol. The molecule has 2 nitrogen and oxygen atoms in total. The molecular formula is C15H17NO. The molecule has 17 heavy (non-hydrogen) atoms. The minimum absolute atomic E-state index is 0.519. The SMILES string of the molecule is O=CCc1cccc2c1ccn2CC1CCC1. The number of carbonyl (C=O) groups is 1. The lowest BCUT2D eigenvalue weighted by molar-refractivity contribution is -0.107. The normalized spacial score (nSPS) is 16.0. The van der Waals surface area contributed by atoms with Crippen LogP contribution >= 0.6 is 0 Å². The van der Waals surface area contributed by atoms with E-state index in [1.165, 1.54) is 30.2 Å². The number of hydrogen-bond donors (Lipinski definition) is 0. The fourth-order valence-corrected chi connectivity index (χ4v) is 2.67. The number of hydrogen-bond acceptors (Lipinski definition) is 1. The predicted molar refractivity (Wildman–Crippen MR) is 69.0 cm³/mol. The molecule has 1 heterocycles. The second kappa shape index (κ2) is 4.36. The van der Waals surface area contributed by atoms with Crippen molar-refractivity contribution in [3.8, 4) is 0 Å². The Morgan fingerprint density at radius 3 is 2.88 bits per heavy atom. The van der Waals surface area contributed by atoms with E-state index in [4.69, 9.17) is 0 Å². The Morgan fingerprint density at radius 1 is 1.29 bits per heavy atom. The first-order valence-corrected chi connectivity index (χ1v) is 6.39. The third-order valence-electron chi connectivity index (χ3n) is 3.89. The summed E-state index contributed by atoms with van der Waals surface area (Å²) in [5.74, 6) is 0.861. The van der Waals surface area contributed by atoms with E-state index in [2.05, 4.69) is 29.0 Å². The van der Waals surface area contributed by atoms with Gasteiger partial charge in [-0.2, -0.15) is 0 Å². The second-order valence-corrected chi connectivity index (χ2v) is 4.99. The van der Waals surface area contributed by atoms with Crippen LogP contribution in [-0.2, 0) is 17.8 Å². The van der Waals surface area contributed by atoms with Gasteiger partial charge in [0.25, 0.3) is 0 Å². The maximum atomic E-state index is 10.7. The van der Waals surface area contributed by atoms with Crippen molar-refractivity contribution in [3.05, 3.63) is 36.0 Å². The lowest BCUT2D eigenvalue weighted by Gasteiger charge is -2.26. The van der Waals surface area contributed by atoms with E-state index >= 15 is 0 Å². The summed E-state index contributed by atoms with van der Waals surface area (Å²) in [6.07, 6.45) is 7.79. The average molecular weight is 227 g/mol. The van der Waals surface area contributed by atoms with Crippen LogP contribution in [0.4, 0.5) is 0 Å². The molecule has 1 aromatic heterocycles. The molecule has 0 atom stereocenters. The number of aromatic nitrogens is 1. The van der Waals surface area contributed by atoms with Crippen molar-refractivity contribution < 1.29 is 4.79 Å². The number of aldehydes is 1. The van der Waals surface area contributed by atoms with Crippen molar-refractivity contribution in [1.29, 1.82) is 0 Å². The minimum atomic E-state index is 0.519. The largest absolute Gasteiger partial charge is 0.347 e. The highest BCUT2D eigenvalue weighted by Crippen LogP contribution is 2.30. The first-order chi connectivity index (χ1) is 8.38. The Balaban J connectivity index is 1.96. The Morgan fingerprint density at radius 2 is 2.18 bits per heavy atom. The summed E-state index contributed by atoms with van der Waals surface area (Å²) in [5.41, 5.74) is 2.42. The van der Waals surface area contributed by atoms with Crippen LogP contribution in [0.1, 0.15) is 24.8 Å². The third kappa shape index (κ3) is 1.88. The van der Waals surface area contributed by atoms with Crippen molar-refractivity contribution in [3.63, 3.8) is 0 Å². The molecule has 0 N–H and O–H groups in total. The molecule has 0 saturated heterocycles. The average Bonchev–Trinajstić information content (AvgIpc) is 2.68. The van der Waals surface area contributed by atoms with E-state index in [-0.39, 0.29) is 0 Å². The zero-order valence-corrected chi connectivity index (χ0v) is 9.93. The monoisotopic (exact) mass is 227 g/mol. The number of fused-ring (bicyclic) bond motifs is 1. The lowest BCUT2D eigenvalue weighted by Crippen LogP contribution is -2.17. The molecule has 1 aromatic carbocycles. The highest BCUT2D eigenvalue weighted by molar-refractivity contribution is 5.85. The highest BCUT2D eigenvalue weighted by Gasteiger charge is 2.18. The van der Waals surface area contributed by atoms with Crippen LogP contribution < -0.4 is 0 Å². The summed E-state index contributed by atoms with van der Waals surface area (Å²) in [7, 11) is 0. The van der Waals surface area contributed by atoms with Gasteiger partial charge >= 0.3 is 0 Å². The third-order valence-corrected chi connectivity index (χ3v) is 3.89. The molecule has 2 heteroatoms. The molecule has 0 spiro atoms. The maximum Gasteiger partial charge on any atom is 0.124 e. The van der Waals surface area contributed by atoms with Gasteiger partial charge in [-0.15, -0.1) is 0 Å². The lowest BCUT2D eigenvalue weighted by atomic mass is 9.85. The van der Waals surface area contributed by atoms with E-state index in [1.807, 2.05) is 6.07 Å². The Bertz CT molecular complexity index is 537. The number of nitrogens with zero attached hydrogens (tertiary/aromatic N) is 1. The van der Waals surface area contributed by atoms with Crippen LogP contribution in [-0.4, -0.2) is 10.9 Å². The van der Waals surface area contributed by atoms with E-state index in [0.717, 1.165) is 24.3 Å². The number of benzene rings is 1. The molecule has 0 amide bonds. The number of carbonyl (C=O) groups excluding carboxylic acids is 1. The van der Waals surface area contributed by atoms with Gasteiger partial charge in [0.2, 0.25) is 0 Å². The Kier molecular flexibility index (Phi) is 2.71. The first kappa shape index (κ1) is 10.6. The number of rotatable bonds is 4. The van der Waals surface area contributed by atoms with E-state index in [0.29, 0.717) is 6.42 Å². The van der Waals surface area contributed by atoms with E-state index in [9.17, 15) is 4.79 Å². The van der Waals surface area contributed by atoms with Crippen molar-refractivity contribution in [2.45, 2.75) is 32.2 Å². The van der Waals surface area contributed by atoms with Gasteiger partial charge in [0.05, 0.1) is 0 Å². The van der Waals surface area contributed by atoms with Gasteiger partial charge in [-0.1, -0.05) is 18.6 Å². The molecule has 0 unspecified atom stereocenters. The molecule has 88 valence electrons. The molecule has 0 bridgehead atoms. The summed E-state index contributed by atoms with van der Waals surface area (Å²) < 4.78 is 2.34. The molecule has 1 aliphatic carbocycles. The van der Waals surface area contributed by atoms with Crippen LogP contribution in [0.15, 0.2) is 30.5 Å². The van der Waals surface area contributed by atoms with E-state index in [1.54, 1.807) is 0 Å². The maximum absolute atomic E-state index is 10.7. The molecule has 1 fully saturated rings. The van der Waals surface area contributed by atoms with Crippen LogP contribution in [0.5, 0.6) is 0 Å². The Labute approximate surface area is 101 Å². The van der Waals surface area contributed by atoms with Crippen molar-refractivity contribution >= 4 is 17.2 Å². The van der Waals surface area contributed by atoms with Crippen LogP contribution in [0.25, 0.3) is 10.9 Å². The summed E-state index contributed by atoms with van der Waals surface area (Å²) in [6, 6.07) is 8.40. The molecule has 1 saturated carbocycles. The first-order valence-electron chi connectivity index (χ1n) is 6.39. The van der Waals surface area contributed by atoms with Gasteiger partial charge in [0.1, 0.15) is 6.29 Å². The van der Waals surface area contributed by atoms with Gasteiger partial charge in [0.15, 0.2) is 0 Å². The fourth-order valence-electron chi connectivity index (χ4n) is 2.67. The van der Waals surface area contributed by atoms with E-state index < -0.39 is 0 Å². The summed E-state index contributed by atoms with van der Waals surface area (Å²) >= 11 is 0. The van der Waals surface area contributed by atoms with Gasteiger partial charge in [-0.05, 0) is 36.5 Å². The topological polar surface area (TPSA) is 22.0 Å². The standard InChI is InChI=1S/C15H17NO/c17-10-8-13-5-2-6-15-14(13)7-9-16(15)11-12-3-1-4-12/h2,5-7,9-10,12H,1,3-4,8,11H2. The predicted octanol–water partition coefficient (Wildman–Crippen LogP) is 3.18. The van der Waals surface area contributed by atoms with Gasteiger partial charge < -0.3 is 9.36 Å². The quantitative estimate of drug-likeness (QED) is 0.735. The molecule has 0 aliphatic heterocycles. The molecule has 3 rings (SSSR count). The fraction of sp³-hybridized carbons (Fsp3) is 0.400. The minimum Gasteiger partial charge on any atom is -0.347 e. The second-order valence-electron chi connectivity index (χ2n) is 4.99. The van der Waals surface area contributed by atoms with Gasteiger partial charge in [-0.3, -0.25) is 0 Å². The zero-order valence-electron chi connectivity index (χ0n) is 9.93. The van der Waals surface area contributed by atoms with Crippen molar-refractivity contribution in [1.82, 2.24) is 4.57 Å². The van der Waals surface area contributed by atoms with Crippen LogP contribution in [0, 0.1) is 5.92 Å². The summed E-state index contributed by atoms with van der Waals surface area (Å²) in [6.45, 7) is 1.13. The molecule has 2 aromatic rings. The zero-order chi connectivity index (χ0) is 11.7. The van der Waals surface area contributed by atoms with Crippen molar-refractivity contribution in [2.24, 2.45) is 5.92 Å². The van der Waals surface area contributed by atoms with Crippen molar-refractivity contribution in [2.75, 3.05) is 0 Å². The van der Waals surface area contributed by atoms with Gasteiger partial charge in [0, 0.05) is 30.1 Å². The molecule has 0 radical (unpaired) electrons. The summed E-state index contributed by atoms with van der Waals surface area (Å²) in [5, 5.41) is 1.24. The smallest absolute Gasteiger partial charge is 0.124 e. The Hall–Kier alpha value is -1.57. The highest BCUT2D eigenvalue weighted by atomic mass is 16.1. The molecule has 1 aliphatic rings. The summed E-state index contributed by atoms with van der Waals surface area (Å²) in [4.78, 5) is 10.7.